The number of hydrogen-bond acceptors (Lipinski definition) is 3. The highest BCUT2D eigenvalue weighted by atomic mass is 32.2. The van der Waals surface area contributed by atoms with E-state index in [2.05, 4.69) is 0 Å². The minimum atomic E-state index is -0.843. The second kappa shape index (κ2) is 5.07. The van der Waals surface area contributed by atoms with Crippen molar-refractivity contribution in [1.82, 2.24) is 0 Å². The number of ether oxygens (including phenoxy) is 1. The molecule has 0 spiro atoms. The highest BCUT2D eigenvalue weighted by molar-refractivity contribution is 7.98. The summed E-state index contributed by atoms with van der Waals surface area (Å²) < 4.78 is 5.15. The smallest absolute Gasteiger partial charge is 0.307 e. The van der Waals surface area contributed by atoms with E-state index in [4.69, 9.17) is 9.84 Å². The van der Waals surface area contributed by atoms with Crippen LogP contribution in [-0.2, 0) is 11.2 Å². The molecule has 0 saturated carbocycles. The summed E-state index contributed by atoms with van der Waals surface area (Å²) in [5.41, 5.74) is 1.83. The molecule has 0 unspecified atom stereocenters. The van der Waals surface area contributed by atoms with Crippen LogP contribution in [0.3, 0.4) is 0 Å². The summed E-state index contributed by atoms with van der Waals surface area (Å²) in [5.74, 6) is -0.197. The molecule has 0 saturated heterocycles. The number of rotatable bonds is 4. The Bertz CT molecular complexity index is 374. The number of carboxylic acid groups (broad SMARTS) is 1. The van der Waals surface area contributed by atoms with Gasteiger partial charge in [-0.2, -0.15) is 0 Å². The Hall–Kier alpha value is -1.16. The van der Waals surface area contributed by atoms with Crippen LogP contribution >= 0.6 is 11.8 Å². The van der Waals surface area contributed by atoms with E-state index < -0.39 is 5.97 Å². The number of aliphatic carboxylic acids is 1. The Kier molecular flexibility index (Phi) is 4.03. The van der Waals surface area contributed by atoms with Crippen molar-refractivity contribution in [3.63, 3.8) is 0 Å². The Morgan fingerprint density at radius 3 is 2.67 bits per heavy atom. The minimum Gasteiger partial charge on any atom is -0.496 e. The van der Waals surface area contributed by atoms with Crippen LogP contribution in [0.1, 0.15) is 11.1 Å². The molecule has 0 aliphatic carbocycles. The van der Waals surface area contributed by atoms with Gasteiger partial charge in [0.1, 0.15) is 5.75 Å². The summed E-state index contributed by atoms with van der Waals surface area (Å²) in [6.07, 6.45) is 1.97. The summed E-state index contributed by atoms with van der Waals surface area (Å²) in [6.45, 7) is 1.99. The molecule has 0 aromatic heterocycles. The van der Waals surface area contributed by atoms with Crippen LogP contribution in [0.5, 0.6) is 5.75 Å². The van der Waals surface area contributed by atoms with E-state index in [0.717, 1.165) is 16.0 Å². The molecule has 0 atom stereocenters. The third-order valence-electron chi connectivity index (χ3n) is 2.14. The molecular formula is C11H14O3S. The predicted molar refractivity (Wildman–Crippen MR) is 60.9 cm³/mol. The van der Waals surface area contributed by atoms with Crippen LogP contribution in [-0.4, -0.2) is 24.4 Å². The molecule has 0 fully saturated rings. The van der Waals surface area contributed by atoms with Gasteiger partial charge in [-0.15, -0.1) is 11.8 Å². The van der Waals surface area contributed by atoms with E-state index in [-0.39, 0.29) is 6.42 Å². The minimum absolute atomic E-state index is 0.00296. The normalized spacial score (nSPS) is 10.1. The van der Waals surface area contributed by atoms with Crippen LogP contribution < -0.4 is 4.74 Å². The van der Waals surface area contributed by atoms with Gasteiger partial charge in [-0.25, -0.2) is 0 Å². The fourth-order valence-electron chi connectivity index (χ4n) is 1.41. The number of hydrogen-bond donors (Lipinski definition) is 1. The molecule has 1 rings (SSSR count). The molecule has 1 aromatic rings. The molecule has 0 aliphatic heterocycles. The number of carboxylic acids is 1. The van der Waals surface area contributed by atoms with Crippen molar-refractivity contribution in [2.75, 3.05) is 13.4 Å². The Morgan fingerprint density at radius 1 is 1.53 bits per heavy atom. The lowest BCUT2D eigenvalue weighted by atomic mass is 10.1. The van der Waals surface area contributed by atoms with Gasteiger partial charge in [0.15, 0.2) is 0 Å². The molecule has 0 radical (unpaired) electrons. The van der Waals surface area contributed by atoms with Gasteiger partial charge in [0, 0.05) is 10.5 Å². The van der Waals surface area contributed by atoms with Gasteiger partial charge in [0.05, 0.1) is 13.5 Å². The third kappa shape index (κ3) is 2.89. The quantitative estimate of drug-likeness (QED) is 0.800. The van der Waals surface area contributed by atoms with Gasteiger partial charge in [0.2, 0.25) is 0 Å². The summed E-state index contributed by atoms with van der Waals surface area (Å²) in [7, 11) is 1.55. The van der Waals surface area contributed by atoms with E-state index in [0.29, 0.717) is 5.75 Å². The maximum absolute atomic E-state index is 10.7. The first-order valence-electron chi connectivity index (χ1n) is 4.51. The summed E-state index contributed by atoms with van der Waals surface area (Å²) >= 11 is 1.61. The van der Waals surface area contributed by atoms with Crippen LogP contribution in [0.2, 0.25) is 0 Å². The third-order valence-corrected chi connectivity index (χ3v) is 3.02. The lowest BCUT2D eigenvalue weighted by Gasteiger charge is -2.11. The monoisotopic (exact) mass is 226 g/mol. The van der Waals surface area contributed by atoms with Crippen molar-refractivity contribution in [1.29, 1.82) is 0 Å². The van der Waals surface area contributed by atoms with Crippen LogP contribution in [0.25, 0.3) is 0 Å². The molecule has 1 N–H and O–H groups in total. The number of thioether (sulfide) groups is 1. The summed E-state index contributed by atoms with van der Waals surface area (Å²) in [5, 5.41) is 8.76. The second-order valence-corrected chi connectivity index (χ2v) is 4.05. The number of aryl methyl sites for hydroxylation is 1. The topological polar surface area (TPSA) is 46.5 Å². The second-order valence-electron chi connectivity index (χ2n) is 3.20. The first-order valence-corrected chi connectivity index (χ1v) is 5.74. The Labute approximate surface area is 93.4 Å². The van der Waals surface area contributed by atoms with Crippen molar-refractivity contribution < 1.29 is 14.6 Å². The molecule has 3 nitrogen and oxygen atoms in total. The van der Waals surface area contributed by atoms with Gasteiger partial charge >= 0.3 is 5.97 Å². The first kappa shape index (κ1) is 11.9. The first-order chi connectivity index (χ1) is 7.08. The molecule has 82 valence electrons. The van der Waals surface area contributed by atoms with Gasteiger partial charge in [-0.1, -0.05) is 0 Å². The summed E-state index contributed by atoms with van der Waals surface area (Å²) in [4.78, 5) is 11.7. The predicted octanol–water partition coefficient (Wildman–Crippen LogP) is 2.35. The highest BCUT2D eigenvalue weighted by Gasteiger charge is 2.10. The van der Waals surface area contributed by atoms with Crippen molar-refractivity contribution in [3.05, 3.63) is 23.3 Å². The van der Waals surface area contributed by atoms with E-state index in [1.54, 1.807) is 18.9 Å². The maximum atomic E-state index is 10.7. The zero-order valence-corrected chi connectivity index (χ0v) is 9.85. The van der Waals surface area contributed by atoms with Crippen molar-refractivity contribution >= 4 is 17.7 Å². The molecule has 4 heteroatoms. The van der Waals surface area contributed by atoms with Crippen molar-refractivity contribution in [3.8, 4) is 5.75 Å². The molecule has 1 aromatic carbocycles. The zero-order valence-electron chi connectivity index (χ0n) is 9.03. The average Bonchev–Trinajstić information content (AvgIpc) is 2.19. The van der Waals surface area contributed by atoms with Gasteiger partial charge in [-0.3, -0.25) is 4.79 Å². The lowest BCUT2D eigenvalue weighted by Crippen LogP contribution is -2.03. The standard InChI is InChI=1S/C11H14O3S/c1-7-4-9(14-2)8(6-11(12)13)5-10(7)15-3/h4-5H,6H2,1-3H3,(H,12,13). The number of methoxy groups -OCH3 is 1. The largest absolute Gasteiger partial charge is 0.496 e. The van der Waals surface area contributed by atoms with Crippen LogP contribution in [0, 0.1) is 6.92 Å². The molecular weight excluding hydrogens is 212 g/mol. The molecule has 0 heterocycles. The molecule has 15 heavy (non-hydrogen) atoms. The van der Waals surface area contributed by atoms with Gasteiger partial charge in [0.25, 0.3) is 0 Å². The number of benzene rings is 1. The van der Waals surface area contributed by atoms with Gasteiger partial charge in [-0.05, 0) is 30.9 Å². The van der Waals surface area contributed by atoms with Crippen LogP contribution in [0.4, 0.5) is 0 Å². The van der Waals surface area contributed by atoms with E-state index in [1.807, 2.05) is 25.3 Å². The van der Waals surface area contributed by atoms with E-state index >= 15 is 0 Å². The van der Waals surface area contributed by atoms with Gasteiger partial charge < -0.3 is 9.84 Å². The highest BCUT2D eigenvalue weighted by Crippen LogP contribution is 2.28. The zero-order chi connectivity index (χ0) is 11.4. The SMILES string of the molecule is COc1cc(C)c(SC)cc1CC(=O)O. The number of carbonyl (C=O) groups is 1. The lowest BCUT2D eigenvalue weighted by molar-refractivity contribution is -0.136. The summed E-state index contributed by atoms with van der Waals surface area (Å²) in [6, 6.07) is 3.76. The van der Waals surface area contributed by atoms with E-state index in [1.165, 1.54) is 0 Å². The molecule has 0 aliphatic rings. The fraction of sp³-hybridized carbons (Fsp3) is 0.364. The van der Waals surface area contributed by atoms with Crippen LogP contribution in [0.15, 0.2) is 17.0 Å². The molecule has 0 amide bonds. The van der Waals surface area contributed by atoms with Crippen molar-refractivity contribution in [2.24, 2.45) is 0 Å². The van der Waals surface area contributed by atoms with E-state index in [9.17, 15) is 4.79 Å². The fourth-order valence-corrected chi connectivity index (χ4v) is 2.06. The van der Waals surface area contributed by atoms with Crippen molar-refractivity contribution in [2.45, 2.75) is 18.2 Å². The molecule has 0 bridgehead atoms. The maximum Gasteiger partial charge on any atom is 0.307 e. The Balaban J connectivity index is 3.16. The average molecular weight is 226 g/mol. The Morgan fingerprint density at radius 2 is 2.20 bits per heavy atom.